The highest BCUT2D eigenvalue weighted by atomic mass is 15.3. The Hall–Kier alpha value is -1.96. The third kappa shape index (κ3) is 0.849. The lowest BCUT2D eigenvalue weighted by molar-refractivity contribution is 0.296. The fourth-order valence-corrected chi connectivity index (χ4v) is 3.97. The summed E-state index contributed by atoms with van der Waals surface area (Å²) in [5, 5.41) is 8.79. The summed E-state index contributed by atoms with van der Waals surface area (Å²) in [6.07, 6.45) is 0. The fraction of sp³-hybridized carbons (Fsp3) is 0.250. The van der Waals surface area contributed by atoms with Gasteiger partial charge in [-0.05, 0) is 22.3 Å². The topological polar surface area (TPSA) is 24.7 Å². The molecule has 1 heterocycles. The maximum absolute atomic E-state index is 4.40. The quantitative estimate of drug-likeness (QED) is 0.664. The van der Waals surface area contributed by atoms with Crippen molar-refractivity contribution in [3.05, 3.63) is 70.8 Å². The van der Waals surface area contributed by atoms with E-state index >= 15 is 0 Å². The molecule has 0 N–H and O–H groups in total. The third-order valence-electron chi connectivity index (χ3n) is 4.70. The first-order valence-corrected chi connectivity index (χ1v) is 6.53. The van der Waals surface area contributed by atoms with Crippen LogP contribution in [0.4, 0.5) is 0 Å². The van der Waals surface area contributed by atoms with Gasteiger partial charge in [-0.1, -0.05) is 48.5 Å². The SMILES string of the molecule is c1ccc2c(c1)C1c3ccccc3C2C2N=NC12. The lowest BCUT2D eigenvalue weighted by Crippen LogP contribution is -2.49. The highest BCUT2D eigenvalue weighted by Crippen LogP contribution is 2.57. The Balaban J connectivity index is 1.88. The molecule has 2 aromatic rings. The molecule has 18 heavy (non-hydrogen) atoms. The van der Waals surface area contributed by atoms with Crippen molar-refractivity contribution in [1.29, 1.82) is 0 Å². The zero-order valence-corrected chi connectivity index (χ0v) is 9.82. The smallest absolute Gasteiger partial charge is 0.107 e. The molecule has 86 valence electrons. The zero-order chi connectivity index (χ0) is 11.7. The molecule has 6 rings (SSSR count). The van der Waals surface area contributed by atoms with Crippen LogP contribution in [-0.2, 0) is 0 Å². The van der Waals surface area contributed by atoms with Crippen LogP contribution in [-0.4, -0.2) is 12.1 Å². The van der Waals surface area contributed by atoms with Gasteiger partial charge in [-0.3, -0.25) is 0 Å². The van der Waals surface area contributed by atoms with Crippen LogP contribution in [0.15, 0.2) is 58.8 Å². The van der Waals surface area contributed by atoms with Crippen molar-refractivity contribution in [3.63, 3.8) is 0 Å². The van der Waals surface area contributed by atoms with Crippen LogP contribution in [0.3, 0.4) is 0 Å². The van der Waals surface area contributed by atoms with Crippen LogP contribution < -0.4 is 0 Å². The normalized spacial score (nSPS) is 33.3. The Morgan fingerprint density at radius 2 is 0.889 bits per heavy atom. The van der Waals surface area contributed by atoms with Gasteiger partial charge in [0.25, 0.3) is 0 Å². The molecular formula is C16H12N2. The van der Waals surface area contributed by atoms with Crippen LogP contribution in [0.1, 0.15) is 34.1 Å². The Morgan fingerprint density at radius 3 is 1.17 bits per heavy atom. The number of benzene rings is 2. The van der Waals surface area contributed by atoms with Crippen LogP contribution in [0.5, 0.6) is 0 Å². The molecule has 0 saturated heterocycles. The largest absolute Gasteiger partial charge is 0.187 e. The molecule has 0 amide bonds. The second-order valence-electron chi connectivity index (χ2n) is 5.43. The Labute approximate surface area is 105 Å². The van der Waals surface area contributed by atoms with Gasteiger partial charge in [0.15, 0.2) is 0 Å². The molecule has 2 nitrogen and oxygen atoms in total. The summed E-state index contributed by atoms with van der Waals surface area (Å²) in [7, 11) is 0. The van der Waals surface area contributed by atoms with Crippen LogP contribution in [0.25, 0.3) is 0 Å². The standard InChI is InChI=1S/C16H12N2/c1-2-6-10-9(5-1)13-11-7-3-4-8-12(11)14(10)16-15(13)17-18-16/h1-8,13-16H. The number of azo groups is 1. The molecule has 2 heteroatoms. The molecule has 0 saturated carbocycles. The van der Waals surface area contributed by atoms with Crippen molar-refractivity contribution in [2.24, 2.45) is 10.2 Å². The summed E-state index contributed by atoms with van der Waals surface area (Å²) in [5.41, 5.74) is 5.89. The van der Waals surface area contributed by atoms with Gasteiger partial charge in [-0.15, -0.1) is 0 Å². The minimum atomic E-state index is 0.389. The van der Waals surface area contributed by atoms with E-state index < -0.39 is 0 Å². The Bertz CT molecular complexity index is 584. The average molecular weight is 232 g/mol. The molecule has 0 aromatic heterocycles. The average Bonchev–Trinajstić information content (AvgIpc) is 2.40. The molecule has 2 atom stereocenters. The summed E-state index contributed by atoms with van der Waals surface area (Å²) in [5.74, 6) is 0.870. The summed E-state index contributed by atoms with van der Waals surface area (Å²) in [6.45, 7) is 0. The zero-order valence-electron chi connectivity index (χ0n) is 9.82. The van der Waals surface area contributed by atoms with E-state index in [1.54, 1.807) is 0 Å². The van der Waals surface area contributed by atoms with E-state index in [2.05, 4.69) is 58.8 Å². The van der Waals surface area contributed by atoms with Gasteiger partial charge in [-0.25, -0.2) is 0 Å². The maximum Gasteiger partial charge on any atom is 0.107 e. The number of rotatable bonds is 0. The van der Waals surface area contributed by atoms with E-state index in [1.165, 1.54) is 22.3 Å². The van der Waals surface area contributed by atoms with Crippen molar-refractivity contribution in [2.45, 2.75) is 23.9 Å². The van der Waals surface area contributed by atoms with Gasteiger partial charge >= 0.3 is 0 Å². The van der Waals surface area contributed by atoms with Crippen molar-refractivity contribution < 1.29 is 0 Å². The van der Waals surface area contributed by atoms with E-state index in [4.69, 9.17) is 0 Å². The lowest BCUT2D eigenvalue weighted by Gasteiger charge is -2.50. The number of hydrogen-bond donors (Lipinski definition) is 0. The minimum absolute atomic E-state index is 0.389. The first-order valence-electron chi connectivity index (χ1n) is 6.53. The van der Waals surface area contributed by atoms with Crippen molar-refractivity contribution in [1.82, 2.24) is 0 Å². The fourth-order valence-electron chi connectivity index (χ4n) is 3.97. The predicted octanol–water partition coefficient (Wildman–Crippen LogP) is 3.48. The molecule has 2 bridgehead atoms. The molecule has 1 aliphatic heterocycles. The molecule has 2 unspecified atom stereocenters. The Morgan fingerprint density at radius 1 is 0.556 bits per heavy atom. The second-order valence-corrected chi connectivity index (χ2v) is 5.43. The molecular weight excluding hydrogens is 220 g/mol. The van der Waals surface area contributed by atoms with E-state index in [1.807, 2.05) is 0 Å². The van der Waals surface area contributed by atoms with E-state index in [9.17, 15) is 0 Å². The molecule has 0 fully saturated rings. The van der Waals surface area contributed by atoms with Crippen molar-refractivity contribution >= 4 is 0 Å². The van der Waals surface area contributed by atoms with Gasteiger partial charge in [0.1, 0.15) is 12.1 Å². The maximum atomic E-state index is 4.40. The van der Waals surface area contributed by atoms with Crippen LogP contribution >= 0.6 is 0 Å². The molecule has 4 aliphatic rings. The van der Waals surface area contributed by atoms with Crippen LogP contribution in [0, 0.1) is 0 Å². The molecule has 0 spiro atoms. The van der Waals surface area contributed by atoms with Gasteiger partial charge in [0, 0.05) is 11.8 Å². The van der Waals surface area contributed by atoms with E-state index in [0.717, 1.165) is 0 Å². The number of nitrogens with zero attached hydrogens (tertiary/aromatic N) is 2. The van der Waals surface area contributed by atoms with Crippen LogP contribution in [0.2, 0.25) is 0 Å². The third-order valence-corrected chi connectivity index (χ3v) is 4.70. The van der Waals surface area contributed by atoms with Gasteiger partial charge < -0.3 is 0 Å². The summed E-state index contributed by atoms with van der Waals surface area (Å²) in [4.78, 5) is 0. The van der Waals surface area contributed by atoms with Crippen molar-refractivity contribution in [2.75, 3.05) is 0 Å². The minimum Gasteiger partial charge on any atom is -0.187 e. The Kier molecular flexibility index (Phi) is 1.45. The summed E-state index contributed by atoms with van der Waals surface area (Å²) < 4.78 is 0. The van der Waals surface area contributed by atoms with Gasteiger partial charge in [-0.2, -0.15) is 10.2 Å². The highest BCUT2D eigenvalue weighted by Gasteiger charge is 2.53. The lowest BCUT2D eigenvalue weighted by atomic mass is 9.59. The van der Waals surface area contributed by atoms with Gasteiger partial charge in [0.2, 0.25) is 0 Å². The van der Waals surface area contributed by atoms with Gasteiger partial charge in [0.05, 0.1) is 0 Å². The molecule has 3 aliphatic carbocycles. The molecule has 0 radical (unpaired) electrons. The van der Waals surface area contributed by atoms with E-state index in [0.29, 0.717) is 23.9 Å². The first-order chi connectivity index (χ1) is 8.95. The summed E-state index contributed by atoms with van der Waals surface area (Å²) >= 11 is 0. The monoisotopic (exact) mass is 232 g/mol. The van der Waals surface area contributed by atoms with Crippen molar-refractivity contribution in [3.8, 4) is 0 Å². The summed E-state index contributed by atoms with van der Waals surface area (Å²) in [6, 6.07) is 18.4. The first kappa shape index (κ1) is 9.03. The predicted molar refractivity (Wildman–Crippen MR) is 69.0 cm³/mol. The highest BCUT2D eigenvalue weighted by molar-refractivity contribution is 5.59. The number of hydrogen-bond acceptors (Lipinski definition) is 2. The second kappa shape index (κ2) is 2.89. The van der Waals surface area contributed by atoms with E-state index in [-0.39, 0.29) is 0 Å². The molecule has 2 aromatic carbocycles.